The van der Waals surface area contributed by atoms with Crippen LogP contribution in [0.1, 0.15) is 0 Å². The molecule has 2 heterocycles. The van der Waals surface area contributed by atoms with Crippen molar-refractivity contribution in [2.24, 2.45) is 0 Å². The summed E-state index contributed by atoms with van der Waals surface area (Å²) in [6.07, 6.45) is 7.16. The van der Waals surface area contributed by atoms with Gasteiger partial charge in [-0.25, -0.2) is 0 Å². The van der Waals surface area contributed by atoms with Crippen molar-refractivity contribution < 1.29 is 0 Å². The molecule has 0 spiro atoms. The highest BCUT2D eigenvalue weighted by Gasteiger charge is 2.31. The van der Waals surface area contributed by atoms with Gasteiger partial charge in [0, 0.05) is 6.29 Å². The Hall–Kier alpha value is -1.03. The van der Waals surface area contributed by atoms with Crippen LogP contribution in [0.25, 0.3) is 0 Å². The molecule has 0 aliphatic carbocycles. The van der Waals surface area contributed by atoms with E-state index in [4.69, 9.17) is 10.5 Å². The number of hydrogen-bond donors (Lipinski definition) is 0. The van der Waals surface area contributed by atoms with Crippen molar-refractivity contribution in [3.8, 4) is 12.4 Å². The molecule has 2 bridgehead atoms. The Morgan fingerprint density at radius 1 is 0.923 bits per heavy atom. The number of hydrogen-bond acceptors (Lipinski definition) is 5. The number of nitrogens with zero attached hydrogens (tertiary/aromatic N) is 5. The van der Waals surface area contributed by atoms with Crippen LogP contribution in [0, 0.1) is 22.9 Å². The first kappa shape index (κ1) is 8.56. The van der Waals surface area contributed by atoms with Crippen LogP contribution < -0.4 is 0 Å². The van der Waals surface area contributed by atoms with E-state index in [-0.39, 0.29) is 7.92 Å². The highest BCUT2D eigenvalue weighted by Crippen LogP contribution is 2.43. The molecule has 0 atom stereocenters. The van der Waals surface area contributed by atoms with Crippen LogP contribution in [0.3, 0.4) is 0 Å². The zero-order chi connectivity index (χ0) is 9.26. The van der Waals surface area contributed by atoms with Gasteiger partial charge in [0.05, 0.1) is 25.9 Å². The number of fused-ring (bicyclic) bond motifs is 2. The van der Waals surface area contributed by atoms with Gasteiger partial charge in [0.2, 0.25) is 0 Å². The second-order valence-corrected chi connectivity index (χ2v) is 5.52. The average Bonchev–Trinajstić information content (AvgIpc) is 2.16. The Labute approximate surface area is 78.5 Å². The summed E-state index contributed by atoms with van der Waals surface area (Å²) in [4.78, 5) is 5.72. The fraction of sp³-hybridized carbons (Fsp3) is 0.714. The average molecular weight is 195 g/mol. The SMILES string of the molecule is N#CN1CN2CN(C#N)CP(C1)C2. The van der Waals surface area contributed by atoms with Crippen LogP contribution in [0.2, 0.25) is 0 Å². The van der Waals surface area contributed by atoms with Gasteiger partial charge in [0.15, 0.2) is 12.4 Å². The Morgan fingerprint density at radius 3 is 1.85 bits per heavy atom. The minimum Gasteiger partial charge on any atom is -0.292 e. The van der Waals surface area contributed by atoms with Gasteiger partial charge in [-0.2, -0.15) is 10.5 Å². The van der Waals surface area contributed by atoms with Gasteiger partial charge in [-0.05, 0) is 7.92 Å². The van der Waals surface area contributed by atoms with Gasteiger partial charge in [0.25, 0.3) is 0 Å². The molecule has 2 rings (SSSR count). The summed E-state index contributed by atoms with van der Waals surface area (Å²) in [6, 6.07) is 0. The molecule has 13 heavy (non-hydrogen) atoms. The normalized spacial score (nSPS) is 32.2. The number of nitriles is 2. The van der Waals surface area contributed by atoms with Gasteiger partial charge in [-0.15, -0.1) is 0 Å². The molecule has 0 radical (unpaired) electrons. The summed E-state index contributed by atoms with van der Waals surface area (Å²) >= 11 is 0. The largest absolute Gasteiger partial charge is 0.292 e. The Kier molecular flexibility index (Phi) is 2.22. The van der Waals surface area contributed by atoms with Gasteiger partial charge >= 0.3 is 0 Å². The molecule has 0 aromatic carbocycles. The van der Waals surface area contributed by atoms with E-state index in [1.54, 1.807) is 9.80 Å². The van der Waals surface area contributed by atoms with Crippen molar-refractivity contribution in [3.63, 3.8) is 0 Å². The summed E-state index contributed by atoms with van der Waals surface area (Å²) in [5, 5.41) is 17.5. The molecule has 2 saturated heterocycles. The monoisotopic (exact) mass is 195 g/mol. The fourth-order valence-corrected chi connectivity index (χ4v) is 4.02. The van der Waals surface area contributed by atoms with Crippen molar-refractivity contribution in [1.29, 1.82) is 10.5 Å². The summed E-state index contributed by atoms with van der Waals surface area (Å²) in [5.74, 6) is 0. The molecule has 68 valence electrons. The highest BCUT2D eigenvalue weighted by atomic mass is 31.1. The third-order valence-electron chi connectivity index (χ3n) is 2.17. The van der Waals surface area contributed by atoms with Crippen LogP contribution >= 0.6 is 7.92 Å². The van der Waals surface area contributed by atoms with Crippen molar-refractivity contribution in [1.82, 2.24) is 14.7 Å². The third-order valence-corrected chi connectivity index (χ3v) is 4.45. The standard InChI is InChI=1S/C7H10N5P/c8-1-10-3-12-4-11(2-9)6-13(5-10)7-12/h3-7H2. The first-order valence-electron chi connectivity index (χ1n) is 4.06. The summed E-state index contributed by atoms with van der Waals surface area (Å²) in [6.45, 7) is 1.38. The van der Waals surface area contributed by atoms with Crippen molar-refractivity contribution in [2.75, 3.05) is 32.2 Å². The summed E-state index contributed by atoms with van der Waals surface area (Å²) < 4.78 is 0. The van der Waals surface area contributed by atoms with Gasteiger partial charge < -0.3 is 0 Å². The number of rotatable bonds is 0. The van der Waals surface area contributed by atoms with Gasteiger partial charge in [-0.1, -0.05) is 0 Å². The van der Waals surface area contributed by atoms with Crippen molar-refractivity contribution >= 4 is 7.92 Å². The summed E-state index contributed by atoms with van der Waals surface area (Å²) in [5.41, 5.74) is 0. The minimum absolute atomic E-state index is 0.180. The van der Waals surface area contributed by atoms with E-state index in [0.29, 0.717) is 13.3 Å². The molecule has 2 aliphatic heterocycles. The van der Waals surface area contributed by atoms with Gasteiger partial charge in [-0.3, -0.25) is 14.7 Å². The lowest BCUT2D eigenvalue weighted by Crippen LogP contribution is -2.50. The maximum atomic E-state index is 8.75. The minimum atomic E-state index is -0.180. The Morgan fingerprint density at radius 2 is 1.46 bits per heavy atom. The van der Waals surface area contributed by atoms with Crippen LogP contribution in [-0.4, -0.2) is 46.9 Å². The van der Waals surface area contributed by atoms with Crippen molar-refractivity contribution in [3.05, 3.63) is 0 Å². The molecular weight excluding hydrogens is 185 g/mol. The lowest BCUT2D eigenvalue weighted by atomic mass is 10.7. The smallest absolute Gasteiger partial charge is 0.180 e. The second kappa shape index (κ2) is 3.38. The quantitative estimate of drug-likeness (QED) is 0.407. The predicted molar refractivity (Wildman–Crippen MR) is 48.0 cm³/mol. The van der Waals surface area contributed by atoms with E-state index in [2.05, 4.69) is 17.3 Å². The molecule has 6 heteroatoms. The molecule has 2 aliphatic rings. The highest BCUT2D eigenvalue weighted by molar-refractivity contribution is 7.57. The molecule has 0 N–H and O–H groups in total. The molecule has 0 amide bonds. The lowest BCUT2D eigenvalue weighted by Gasteiger charge is -2.44. The Bertz CT molecular complexity index is 240. The summed E-state index contributed by atoms with van der Waals surface area (Å²) in [7, 11) is -0.180. The van der Waals surface area contributed by atoms with E-state index in [1.165, 1.54) is 0 Å². The predicted octanol–water partition coefficient (Wildman–Crippen LogP) is 0.151. The zero-order valence-electron chi connectivity index (χ0n) is 7.22. The van der Waals surface area contributed by atoms with Crippen LogP contribution in [0.4, 0.5) is 0 Å². The van der Waals surface area contributed by atoms with Crippen LogP contribution in [-0.2, 0) is 0 Å². The van der Waals surface area contributed by atoms with E-state index in [9.17, 15) is 0 Å². The maximum Gasteiger partial charge on any atom is 0.180 e. The molecule has 2 fully saturated rings. The van der Waals surface area contributed by atoms with Crippen LogP contribution in [0.15, 0.2) is 0 Å². The van der Waals surface area contributed by atoms with E-state index < -0.39 is 0 Å². The lowest BCUT2D eigenvalue weighted by molar-refractivity contribution is 0.131. The zero-order valence-corrected chi connectivity index (χ0v) is 8.11. The van der Waals surface area contributed by atoms with E-state index >= 15 is 0 Å². The molecule has 0 aromatic heterocycles. The Balaban J connectivity index is 2.03. The van der Waals surface area contributed by atoms with Gasteiger partial charge in [0.1, 0.15) is 0 Å². The van der Waals surface area contributed by atoms with E-state index in [1.807, 2.05) is 0 Å². The first-order chi connectivity index (χ1) is 6.31. The second-order valence-electron chi connectivity index (χ2n) is 3.33. The molecule has 0 saturated carbocycles. The van der Waals surface area contributed by atoms with E-state index in [0.717, 1.165) is 18.9 Å². The van der Waals surface area contributed by atoms with Crippen LogP contribution in [0.5, 0.6) is 0 Å². The van der Waals surface area contributed by atoms with Crippen molar-refractivity contribution in [2.45, 2.75) is 0 Å². The molecule has 5 nitrogen and oxygen atoms in total. The first-order valence-corrected chi connectivity index (χ1v) is 5.95. The topological polar surface area (TPSA) is 57.3 Å². The third kappa shape index (κ3) is 1.67. The fourth-order valence-electron chi connectivity index (χ4n) is 1.73. The molecule has 0 unspecified atom stereocenters. The molecular formula is C7H10N5P. The molecule has 0 aromatic rings. The maximum absolute atomic E-state index is 8.75.